The Kier molecular flexibility index (Phi) is 1.65. The van der Waals surface area contributed by atoms with Crippen molar-refractivity contribution < 1.29 is 4.74 Å². The monoisotopic (exact) mass is 160 g/mol. The zero-order valence-corrected chi connectivity index (χ0v) is 7.42. The van der Waals surface area contributed by atoms with Crippen LogP contribution in [-0.2, 0) is 0 Å². The van der Waals surface area contributed by atoms with E-state index in [0.717, 1.165) is 5.75 Å². The molecular weight excluding hydrogens is 148 g/mol. The maximum Gasteiger partial charge on any atom is 0.130 e. The van der Waals surface area contributed by atoms with Crippen LogP contribution in [0.3, 0.4) is 0 Å². The summed E-state index contributed by atoms with van der Waals surface area (Å²) in [5.74, 6) is 1.05. The van der Waals surface area contributed by atoms with Crippen LogP contribution in [0, 0.1) is 13.8 Å². The lowest BCUT2D eigenvalue weighted by Gasteiger charge is -2.16. The molecule has 0 spiro atoms. The van der Waals surface area contributed by atoms with Gasteiger partial charge in [0.2, 0.25) is 0 Å². The van der Waals surface area contributed by atoms with Crippen molar-refractivity contribution in [2.75, 3.05) is 6.61 Å². The molecule has 0 N–H and O–H groups in total. The van der Waals surface area contributed by atoms with Gasteiger partial charge in [-0.3, -0.25) is 0 Å². The summed E-state index contributed by atoms with van der Waals surface area (Å²) >= 11 is 0. The first-order valence-electron chi connectivity index (χ1n) is 4.18. The fourth-order valence-electron chi connectivity index (χ4n) is 1.44. The maximum absolute atomic E-state index is 5.55. The van der Waals surface area contributed by atoms with Gasteiger partial charge in [0, 0.05) is 5.56 Å². The summed E-state index contributed by atoms with van der Waals surface area (Å²) in [6, 6.07) is 4.24. The molecule has 0 amide bonds. The highest BCUT2D eigenvalue weighted by atomic mass is 16.5. The Morgan fingerprint density at radius 3 is 2.92 bits per heavy atom. The summed E-state index contributed by atoms with van der Waals surface area (Å²) in [7, 11) is 0. The van der Waals surface area contributed by atoms with Gasteiger partial charge in [0.25, 0.3) is 0 Å². The van der Waals surface area contributed by atoms with E-state index in [2.05, 4.69) is 32.1 Å². The van der Waals surface area contributed by atoms with Crippen LogP contribution < -0.4 is 4.74 Å². The summed E-state index contributed by atoms with van der Waals surface area (Å²) in [5.41, 5.74) is 3.75. The SMILES string of the molecule is Cc1ccc2c(c1C)OCC=C2. The number of ether oxygens (including phenoxy) is 1. The molecule has 1 aliphatic rings. The minimum Gasteiger partial charge on any atom is -0.489 e. The van der Waals surface area contributed by atoms with Gasteiger partial charge >= 0.3 is 0 Å². The van der Waals surface area contributed by atoms with Gasteiger partial charge in [-0.15, -0.1) is 0 Å². The molecule has 2 rings (SSSR count). The molecule has 1 aromatic rings. The van der Waals surface area contributed by atoms with Gasteiger partial charge in [-0.2, -0.15) is 0 Å². The summed E-state index contributed by atoms with van der Waals surface area (Å²) in [6.45, 7) is 4.92. The molecule has 1 nitrogen and oxygen atoms in total. The van der Waals surface area contributed by atoms with Crippen LogP contribution in [0.15, 0.2) is 18.2 Å². The predicted octanol–water partition coefficient (Wildman–Crippen LogP) is 2.71. The van der Waals surface area contributed by atoms with Crippen molar-refractivity contribution in [2.45, 2.75) is 13.8 Å². The van der Waals surface area contributed by atoms with Crippen molar-refractivity contribution in [1.82, 2.24) is 0 Å². The highest BCUT2D eigenvalue weighted by molar-refractivity contribution is 5.62. The van der Waals surface area contributed by atoms with E-state index < -0.39 is 0 Å². The Morgan fingerprint density at radius 1 is 1.25 bits per heavy atom. The lowest BCUT2D eigenvalue weighted by Crippen LogP contribution is -2.02. The number of aryl methyl sites for hydroxylation is 1. The first-order chi connectivity index (χ1) is 5.79. The van der Waals surface area contributed by atoms with E-state index in [1.54, 1.807) is 0 Å². The molecule has 12 heavy (non-hydrogen) atoms. The Hall–Kier alpha value is -1.24. The Labute approximate surface area is 72.7 Å². The number of rotatable bonds is 0. The van der Waals surface area contributed by atoms with Gasteiger partial charge < -0.3 is 4.74 Å². The number of hydrogen-bond acceptors (Lipinski definition) is 1. The second-order valence-corrected chi connectivity index (χ2v) is 3.14. The fourth-order valence-corrected chi connectivity index (χ4v) is 1.44. The smallest absolute Gasteiger partial charge is 0.130 e. The van der Waals surface area contributed by atoms with Crippen molar-refractivity contribution in [2.24, 2.45) is 0 Å². The number of benzene rings is 1. The average Bonchev–Trinajstić information content (AvgIpc) is 2.12. The summed E-state index contributed by atoms with van der Waals surface area (Å²) in [5, 5.41) is 0. The molecule has 0 atom stereocenters. The molecule has 1 heterocycles. The molecule has 0 fully saturated rings. The lowest BCUT2D eigenvalue weighted by atomic mass is 10.0. The van der Waals surface area contributed by atoms with Gasteiger partial charge in [-0.1, -0.05) is 18.2 Å². The summed E-state index contributed by atoms with van der Waals surface area (Å²) in [6.07, 6.45) is 4.16. The molecule has 0 saturated carbocycles. The molecule has 0 radical (unpaired) electrons. The third-order valence-electron chi connectivity index (χ3n) is 2.33. The quantitative estimate of drug-likeness (QED) is 0.567. The van der Waals surface area contributed by atoms with E-state index in [-0.39, 0.29) is 0 Å². The second kappa shape index (κ2) is 2.67. The van der Waals surface area contributed by atoms with E-state index in [4.69, 9.17) is 4.74 Å². The normalized spacial score (nSPS) is 13.8. The zero-order chi connectivity index (χ0) is 8.55. The molecule has 62 valence electrons. The van der Waals surface area contributed by atoms with E-state index in [0.29, 0.717) is 6.61 Å². The molecule has 1 heteroatoms. The molecule has 1 aromatic carbocycles. The first kappa shape index (κ1) is 7.41. The fraction of sp³-hybridized carbons (Fsp3) is 0.273. The average molecular weight is 160 g/mol. The van der Waals surface area contributed by atoms with E-state index in [1.807, 2.05) is 6.08 Å². The molecule has 0 saturated heterocycles. The highest BCUT2D eigenvalue weighted by Crippen LogP contribution is 2.29. The van der Waals surface area contributed by atoms with Crippen molar-refractivity contribution in [3.05, 3.63) is 34.9 Å². The van der Waals surface area contributed by atoms with Crippen molar-refractivity contribution in [1.29, 1.82) is 0 Å². The second-order valence-electron chi connectivity index (χ2n) is 3.14. The summed E-state index contributed by atoms with van der Waals surface area (Å²) < 4.78 is 5.55. The third-order valence-corrected chi connectivity index (χ3v) is 2.33. The number of hydrogen-bond donors (Lipinski definition) is 0. The topological polar surface area (TPSA) is 9.23 Å². The van der Waals surface area contributed by atoms with E-state index >= 15 is 0 Å². The third kappa shape index (κ3) is 1.02. The molecule has 1 aliphatic heterocycles. The highest BCUT2D eigenvalue weighted by Gasteiger charge is 2.09. The zero-order valence-electron chi connectivity index (χ0n) is 7.42. The van der Waals surface area contributed by atoms with E-state index in [1.165, 1.54) is 16.7 Å². The van der Waals surface area contributed by atoms with Crippen LogP contribution in [0.5, 0.6) is 5.75 Å². The largest absolute Gasteiger partial charge is 0.489 e. The Balaban J connectivity index is 2.63. The molecule has 0 bridgehead atoms. The molecule has 0 unspecified atom stereocenters. The standard InChI is InChI=1S/C11H12O/c1-8-5-6-10-4-3-7-12-11(10)9(8)2/h3-6H,7H2,1-2H3. The maximum atomic E-state index is 5.55. The van der Waals surface area contributed by atoms with Gasteiger partial charge in [-0.25, -0.2) is 0 Å². The minimum atomic E-state index is 0.706. The van der Waals surface area contributed by atoms with Gasteiger partial charge in [-0.05, 0) is 31.1 Å². The van der Waals surface area contributed by atoms with Crippen LogP contribution in [0.4, 0.5) is 0 Å². The Morgan fingerprint density at radius 2 is 2.08 bits per heavy atom. The first-order valence-corrected chi connectivity index (χ1v) is 4.18. The van der Waals surface area contributed by atoms with Crippen molar-refractivity contribution in [3.63, 3.8) is 0 Å². The molecule has 0 aromatic heterocycles. The molecular formula is C11H12O. The van der Waals surface area contributed by atoms with Crippen LogP contribution in [0.25, 0.3) is 6.08 Å². The molecule has 0 aliphatic carbocycles. The lowest BCUT2D eigenvalue weighted by molar-refractivity contribution is 0.355. The number of fused-ring (bicyclic) bond motifs is 1. The summed E-state index contributed by atoms with van der Waals surface area (Å²) in [4.78, 5) is 0. The van der Waals surface area contributed by atoms with Crippen molar-refractivity contribution >= 4 is 6.08 Å². The predicted molar refractivity (Wildman–Crippen MR) is 50.4 cm³/mol. The van der Waals surface area contributed by atoms with Gasteiger partial charge in [0.15, 0.2) is 0 Å². The van der Waals surface area contributed by atoms with Crippen LogP contribution in [0.2, 0.25) is 0 Å². The van der Waals surface area contributed by atoms with Crippen LogP contribution >= 0.6 is 0 Å². The van der Waals surface area contributed by atoms with Gasteiger partial charge in [0.05, 0.1) is 0 Å². The minimum absolute atomic E-state index is 0.706. The van der Waals surface area contributed by atoms with E-state index in [9.17, 15) is 0 Å². The Bertz CT molecular complexity index is 337. The van der Waals surface area contributed by atoms with Gasteiger partial charge in [0.1, 0.15) is 12.4 Å². The van der Waals surface area contributed by atoms with Crippen LogP contribution in [-0.4, -0.2) is 6.61 Å². The van der Waals surface area contributed by atoms with Crippen molar-refractivity contribution in [3.8, 4) is 5.75 Å². The van der Waals surface area contributed by atoms with Crippen LogP contribution in [0.1, 0.15) is 16.7 Å².